The van der Waals surface area contributed by atoms with Gasteiger partial charge >= 0.3 is 0 Å². The normalized spacial score (nSPS) is 14.3. The molecule has 64 valence electrons. The van der Waals surface area contributed by atoms with Crippen molar-refractivity contribution in [3.05, 3.63) is 11.5 Å². The molecule has 0 saturated carbocycles. The molecule has 1 N–H and O–H groups in total. The van der Waals surface area contributed by atoms with E-state index in [2.05, 4.69) is 16.9 Å². The molecule has 0 saturated heterocycles. The molecule has 0 amide bonds. The maximum Gasteiger partial charge on any atom is 0.136 e. The van der Waals surface area contributed by atoms with Crippen LogP contribution in [0.2, 0.25) is 0 Å². The second-order valence-electron chi connectivity index (χ2n) is 1.98. The minimum atomic E-state index is -1.03. The van der Waals surface area contributed by atoms with E-state index in [1.54, 1.807) is 13.3 Å². The number of hydrogen-bond donors (Lipinski definition) is 1. The summed E-state index contributed by atoms with van der Waals surface area (Å²) < 4.78 is 10.9. The molecule has 0 aromatic heterocycles. The summed E-state index contributed by atoms with van der Waals surface area (Å²) in [5, 5.41) is 2.97. The molecule has 11 heavy (non-hydrogen) atoms. The number of likely N-dealkylation sites (N-methyl/N-ethyl adjacent to an activating group) is 1. The lowest BCUT2D eigenvalue weighted by Crippen LogP contribution is -2.25. The maximum atomic E-state index is 10.9. The fourth-order valence-electron chi connectivity index (χ4n) is 0.606. The first-order chi connectivity index (χ1) is 5.13. The predicted molar refractivity (Wildman–Crippen MR) is 50.2 cm³/mol. The smallest absolute Gasteiger partial charge is 0.136 e. The minimum Gasteiger partial charge on any atom is -0.370 e. The summed E-state index contributed by atoms with van der Waals surface area (Å²) in [7, 11) is 0.619. The third kappa shape index (κ3) is 3.32. The van der Waals surface area contributed by atoms with Gasteiger partial charge in [-0.25, -0.2) is 0 Å². The van der Waals surface area contributed by atoms with Crippen molar-refractivity contribution in [2.24, 2.45) is 4.99 Å². The summed E-state index contributed by atoms with van der Waals surface area (Å²) in [4.78, 5) is 4.46. The highest BCUT2D eigenvalue weighted by Crippen LogP contribution is 1.96. The van der Waals surface area contributed by atoms with Crippen LogP contribution in [0.5, 0.6) is 0 Å². The van der Waals surface area contributed by atoms with E-state index in [-0.39, 0.29) is 0 Å². The molecule has 1 atom stereocenters. The number of hydrogen-bond acceptors (Lipinski definition) is 2. The van der Waals surface area contributed by atoms with Gasteiger partial charge in [0.15, 0.2) is 0 Å². The third-order valence-electron chi connectivity index (χ3n) is 1.18. The van der Waals surface area contributed by atoms with Gasteiger partial charge in [-0.15, -0.1) is 0 Å². The van der Waals surface area contributed by atoms with Gasteiger partial charge in [-0.2, -0.15) is 0 Å². The van der Waals surface area contributed by atoms with E-state index in [1.165, 1.54) is 0 Å². The summed E-state index contributed by atoms with van der Waals surface area (Å²) in [5.74, 6) is 0.633. The van der Waals surface area contributed by atoms with Crippen LogP contribution < -0.4 is 5.32 Å². The lowest BCUT2D eigenvalue weighted by molar-refractivity contribution is 0.691. The molecule has 0 aliphatic carbocycles. The molecule has 0 radical (unpaired) electrons. The molecular formula is C7H14N2OS. The largest absolute Gasteiger partial charge is 0.370 e. The zero-order valence-corrected chi connectivity index (χ0v) is 7.99. The Bertz CT molecular complexity index is 199. The van der Waals surface area contributed by atoms with Crippen LogP contribution in [0.15, 0.2) is 16.5 Å². The van der Waals surface area contributed by atoms with E-state index < -0.39 is 10.8 Å². The standard InChI is InChI=1S/C7H14N2OS/c1-5-9-7(8-3)6(2)11(4)10/h2,5H2,1,3-4H3,(H,8,9). The van der Waals surface area contributed by atoms with Crippen molar-refractivity contribution in [1.82, 2.24) is 5.32 Å². The Kier molecular flexibility index (Phi) is 4.77. The molecule has 0 heterocycles. The van der Waals surface area contributed by atoms with Gasteiger partial charge < -0.3 is 5.32 Å². The van der Waals surface area contributed by atoms with Crippen LogP contribution in [0.1, 0.15) is 6.92 Å². The first-order valence-electron chi connectivity index (χ1n) is 3.36. The van der Waals surface area contributed by atoms with Gasteiger partial charge in [0.25, 0.3) is 0 Å². The lowest BCUT2D eigenvalue weighted by atomic mass is 10.5. The monoisotopic (exact) mass is 174 g/mol. The molecule has 0 bridgehead atoms. The summed E-state index contributed by atoms with van der Waals surface area (Å²) in [6.45, 7) is 6.37. The zero-order chi connectivity index (χ0) is 8.85. The highest BCUT2D eigenvalue weighted by Gasteiger charge is 2.04. The Balaban J connectivity index is 4.28. The van der Waals surface area contributed by atoms with Crippen molar-refractivity contribution in [3.8, 4) is 0 Å². The molecule has 0 aliphatic rings. The van der Waals surface area contributed by atoms with E-state index in [0.717, 1.165) is 6.54 Å². The third-order valence-corrected chi connectivity index (χ3v) is 2.07. The van der Waals surface area contributed by atoms with E-state index in [9.17, 15) is 4.21 Å². The first-order valence-corrected chi connectivity index (χ1v) is 4.92. The maximum absolute atomic E-state index is 10.9. The summed E-state index contributed by atoms with van der Waals surface area (Å²) in [6, 6.07) is 0. The number of nitrogens with zero attached hydrogens (tertiary/aromatic N) is 1. The van der Waals surface area contributed by atoms with E-state index in [4.69, 9.17) is 0 Å². The quantitative estimate of drug-likeness (QED) is 0.500. The van der Waals surface area contributed by atoms with Gasteiger partial charge in [0.1, 0.15) is 5.84 Å². The van der Waals surface area contributed by atoms with Crippen LogP contribution in [0, 0.1) is 0 Å². The average Bonchev–Trinajstić information content (AvgIpc) is 1.98. The molecule has 1 unspecified atom stereocenters. The summed E-state index contributed by atoms with van der Waals surface area (Å²) in [5.41, 5.74) is 0. The van der Waals surface area contributed by atoms with Gasteiger partial charge in [0.05, 0.1) is 15.7 Å². The summed E-state index contributed by atoms with van der Waals surface area (Å²) in [6.07, 6.45) is 1.59. The van der Waals surface area contributed by atoms with Gasteiger partial charge in [0, 0.05) is 19.8 Å². The Morgan fingerprint density at radius 3 is 2.55 bits per heavy atom. The molecule has 0 rings (SSSR count). The van der Waals surface area contributed by atoms with Crippen LogP contribution in [0.3, 0.4) is 0 Å². The van der Waals surface area contributed by atoms with Crippen molar-refractivity contribution in [3.63, 3.8) is 0 Å². The van der Waals surface area contributed by atoms with Crippen LogP contribution in [0.4, 0.5) is 0 Å². The SMILES string of the molecule is C=C(C(=NC)NCC)S(C)=O. The van der Waals surface area contributed by atoms with E-state index in [0.29, 0.717) is 10.7 Å². The first kappa shape index (κ1) is 10.4. The second-order valence-corrected chi connectivity index (χ2v) is 3.38. The zero-order valence-electron chi connectivity index (χ0n) is 7.18. The average molecular weight is 174 g/mol. The Morgan fingerprint density at radius 1 is 1.73 bits per heavy atom. The molecule has 0 aromatic carbocycles. The molecule has 0 fully saturated rings. The van der Waals surface area contributed by atoms with Crippen LogP contribution in [0.25, 0.3) is 0 Å². The highest BCUT2D eigenvalue weighted by atomic mass is 32.2. The number of rotatable bonds is 3. The molecule has 4 heteroatoms. The Labute approximate surface area is 70.1 Å². The molecule has 3 nitrogen and oxygen atoms in total. The van der Waals surface area contributed by atoms with Gasteiger partial charge in [-0.1, -0.05) is 6.58 Å². The number of aliphatic imine (C=N–C) groups is 1. The van der Waals surface area contributed by atoms with Crippen LogP contribution >= 0.6 is 0 Å². The number of amidine groups is 1. The van der Waals surface area contributed by atoms with E-state index >= 15 is 0 Å². The van der Waals surface area contributed by atoms with Crippen LogP contribution in [-0.2, 0) is 10.8 Å². The van der Waals surface area contributed by atoms with Gasteiger partial charge in [-0.05, 0) is 6.92 Å². The van der Waals surface area contributed by atoms with Crippen molar-refractivity contribution < 1.29 is 4.21 Å². The van der Waals surface area contributed by atoms with Gasteiger partial charge in [-0.3, -0.25) is 9.20 Å². The number of nitrogens with one attached hydrogen (secondary N) is 1. The van der Waals surface area contributed by atoms with Crippen LogP contribution in [-0.4, -0.2) is 29.9 Å². The predicted octanol–water partition coefficient (Wildman–Crippen LogP) is 0.516. The fourth-order valence-corrected chi connectivity index (χ4v) is 1.04. The molecule has 0 aromatic rings. The molecule has 0 aliphatic heterocycles. The van der Waals surface area contributed by atoms with Crippen molar-refractivity contribution in [2.45, 2.75) is 6.92 Å². The molecular weight excluding hydrogens is 160 g/mol. The minimum absolute atomic E-state index is 0.550. The Hall–Kier alpha value is -0.640. The van der Waals surface area contributed by atoms with Crippen molar-refractivity contribution >= 4 is 16.6 Å². The Morgan fingerprint density at radius 2 is 2.27 bits per heavy atom. The topological polar surface area (TPSA) is 41.5 Å². The second kappa shape index (κ2) is 5.07. The molecule has 0 spiro atoms. The summed E-state index contributed by atoms with van der Waals surface area (Å²) >= 11 is 0. The fraction of sp³-hybridized carbons (Fsp3) is 0.571. The van der Waals surface area contributed by atoms with Gasteiger partial charge in [0.2, 0.25) is 0 Å². The van der Waals surface area contributed by atoms with E-state index in [1.807, 2.05) is 6.92 Å². The van der Waals surface area contributed by atoms with Crippen molar-refractivity contribution in [2.75, 3.05) is 19.8 Å². The van der Waals surface area contributed by atoms with Crippen molar-refractivity contribution in [1.29, 1.82) is 0 Å². The lowest BCUT2D eigenvalue weighted by Gasteiger charge is -2.06. The highest BCUT2D eigenvalue weighted by molar-refractivity contribution is 7.89.